The lowest BCUT2D eigenvalue weighted by Gasteiger charge is -2.08. The molecule has 3 N–H and O–H groups in total. The van der Waals surface area contributed by atoms with Crippen LogP contribution in [-0.2, 0) is 16.1 Å². The zero-order chi connectivity index (χ0) is 13.7. The highest BCUT2D eigenvalue weighted by atomic mass is 16.5. The third-order valence-electron chi connectivity index (χ3n) is 2.31. The maximum Gasteiger partial charge on any atom is 0.341 e. The van der Waals surface area contributed by atoms with Gasteiger partial charge in [0.2, 0.25) is 11.4 Å². The van der Waals surface area contributed by atoms with Crippen molar-refractivity contribution < 1.29 is 34.2 Å². The van der Waals surface area contributed by atoms with E-state index in [-0.39, 0.29) is 24.5 Å². The first-order valence-corrected chi connectivity index (χ1v) is 5.20. The van der Waals surface area contributed by atoms with E-state index in [0.29, 0.717) is 5.69 Å². The number of hydrogen-bond acceptors (Lipinski definition) is 4. The Hall–Kier alpha value is -2.31. The first-order valence-electron chi connectivity index (χ1n) is 5.20. The van der Waals surface area contributed by atoms with Crippen LogP contribution in [0.15, 0.2) is 12.3 Å². The van der Waals surface area contributed by atoms with E-state index in [4.69, 9.17) is 14.9 Å². The molecular formula is C11H14NO6+. The molecule has 18 heavy (non-hydrogen) atoms. The van der Waals surface area contributed by atoms with E-state index in [1.165, 1.54) is 12.3 Å². The van der Waals surface area contributed by atoms with Crippen molar-refractivity contribution in [3.8, 4) is 11.5 Å². The zero-order valence-electron chi connectivity index (χ0n) is 9.79. The molecular weight excluding hydrogens is 242 g/mol. The van der Waals surface area contributed by atoms with Gasteiger partial charge in [-0.2, -0.15) is 4.57 Å². The number of hydrogen-bond donors (Lipinski definition) is 3. The lowest BCUT2D eigenvalue weighted by molar-refractivity contribution is -0.702. The van der Waals surface area contributed by atoms with Gasteiger partial charge in [0.15, 0.2) is 25.1 Å². The molecule has 0 radical (unpaired) electrons. The smallest absolute Gasteiger partial charge is 0.341 e. The fraction of sp³-hybridized carbons (Fsp3) is 0.364. The van der Waals surface area contributed by atoms with Crippen molar-refractivity contribution in [1.29, 1.82) is 0 Å². The molecule has 0 aromatic carbocycles. The van der Waals surface area contributed by atoms with E-state index in [0.717, 1.165) is 0 Å². The standard InChI is InChI=1S/C11H13NO6/c1-7-11(18-6-10(16)17)8(13)2-4-12(7)5-3-9(14)15/h2,4H,3,5-6H2,1H3,(H2,14,15,16,17)/p+1. The third-order valence-corrected chi connectivity index (χ3v) is 2.31. The van der Waals surface area contributed by atoms with Crippen LogP contribution in [0, 0.1) is 6.92 Å². The number of aryl methyl sites for hydroxylation is 1. The van der Waals surface area contributed by atoms with Crippen molar-refractivity contribution >= 4 is 11.9 Å². The molecule has 0 amide bonds. The molecule has 7 heteroatoms. The Labute approximate surface area is 103 Å². The van der Waals surface area contributed by atoms with Gasteiger partial charge in [-0.3, -0.25) is 4.79 Å². The molecule has 0 saturated heterocycles. The van der Waals surface area contributed by atoms with Gasteiger partial charge in [-0.15, -0.1) is 0 Å². The van der Waals surface area contributed by atoms with Crippen LogP contribution in [0.4, 0.5) is 0 Å². The molecule has 98 valence electrons. The summed E-state index contributed by atoms with van der Waals surface area (Å²) < 4.78 is 6.53. The minimum atomic E-state index is -1.16. The maximum atomic E-state index is 10.5. The maximum absolute atomic E-state index is 10.5. The quantitative estimate of drug-likeness (QED) is 0.615. The Kier molecular flexibility index (Phi) is 4.47. The van der Waals surface area contributed by atoms with Crippen LogP contribution in [-0.4, -0.2) is 33.9 Å². The van der Waals surface area contributed by atoms with Crippen molar-refractivity contribution in [3.05, 3.63) is 18.0 Å². The normalized spacial score (nSPS) is 10.1. The number of pyridine rings is 1. The molecule has 0 bridgehead atoms. The molecule has 0 aliphatic rings. The minimum Gasteiger partial charge on any atom is -0.504 e. The van der Waals surface area contributed by atoms with E-state index in [1.54, 1.807) is 11.5 Å². The van der Waals surface area contributed by atoms with E-state index in [9.17, 15) is 14.7 Å². The van der Waals surface area contributed by atoms with E-state index in [2.05, 4.69) is 0 Å². The summed E-state index contributed by atoms with van der Waals surface area (Å²) in [6, 6.07) is 1.33. The third kappa shape index (κ3) is 3.62. The van der Waals surface area contributed by atoms with Crippen LogP contribution in [0.25, 0.3) is 0 Å². The van der Waals surface area contributed by atoms with Crippen molar-refractivity contribution in [1.82, 2.24) is 0 Å². The largest absolute Gasteiger partial charge is 0.504 e. The second kappa shape index (κ2) is 5.85. The summed E-state index contributed by atoms with van der Waals surface area (Å²) in [5.74, 6) is -2.23. The summed E-state index contributed by atoms with van der Waals surface area (Å²) in [5, 5.41) is 26.7. The van der Waals surface area contributed by atoms with Gasteiger partial charge in [-0.25, -0.2) is 4.79 Å². The topological polar surface area (TPSA) is 108 Å². The van der Waals surface area contributed by atoms with Gasteiger partial charge < -0.3 is 20.1 Å². The summed E-state index contributed by atoms with van der Waals surface area (Å²) in [4.78, 5) is 20.9. The number of carbonyl (C=O) groups is 2. The number of carboxylic acid groups (broad SMARTS) is 2. The highest BCUT2D eigenvalue weighted by molar-refractivity contribution is 5.68. The summed E-state index contributed by atoms with van der Waals surface area (Å²) in [7, 11) is 0. The Morgan fingerprint density at radius 1 is 1.33 bits per heavy atom. The zero-order valence-corrected chi connectivity index (χ0v) is 9.79. The van der Waals surface area contributed by atoms with Crippen LogP contribution >= 0.6 is 0 Å². The molecule has 0 spiro atoms. The van der Waals surface area contributed by atoms with Gasteiger partial charge in [-0.1, -0.05) is 0 Å². The predicted molar refractivity (Wildman–Crippen MR) is 58.4 cm³/mol. The van der Waals surface area contributed by atoms with Crippen molar-refractivity contribution in [2.45, 2.75) is 19.9 Å². The Bertz CT molecular complexity index is 471. The molecule has 0 saturated carbocycles. The molecule has 0 fully saturated rings. The number of aromatic nitrogens is 1. The fourth-order valence-corrected chi connectivity index (χ4v) is 1.43. The molecule has 0 atom stereocenters. The number of aromatic hydroxyl groups is 1. The number of ether oxygens (including phenoxy) is 1. The molecule has 0 unspecified atom stereocenters. The molecule has 7 nitrogen and oxygen atoms in total. The van der Waals surface area contributed by atoms with Gasteiger partial charge in [-0.05, 0) is 0 Å². The van der Waals surface area contributed by atoms with Gasteiger partial charge >= 0.3 is 11.9 Å². The van der Waals surface area contributed by atoms with E-state index < -0.39 is 18.5 Å². The summed E-state index contributed by atoms with van der Waals surface area (Å²) >= 11 is 0. The average Bonchev–Trinajstić information content (AvgIpc) is 2.27. The van der Waals surface area contributed by atoms with Crippen molar-refractivity contribution in [2.24, 2.45) is 0 Å². The molecule has 0 aliphatic carbocycles. The first kappa shape index (κ1) is 13.8. The van der Waals surface area contributed by atoms with Crippen molar-refractivity contribution in [2.75, 3.05) is 6.61 Å². The fourth-order valence-electron chi connectivity index (χ4n) is 1.43. The van der Waals surface area contributed by atoms with Crippen LogP contribution in [0.3, 0.4) is 0 Å². The SMILES string of the molecule is Cc1c(OCC(=O)O)c(O)cc[n+]1CCC(=O)O. The monoisotopic (exact) mass is 256 g/mol. The lowest BCUT2D eigenvalue weighted by Crippen LogP contribution is -2.38. The van der Waals surface area contributed by atoms with Crippen molar-refractivity contribution in [3.63, 3.8) is 0 Å². The average molecular weight is 256 g/mol. The van der Waals surface area contributed by atoms with Crippen LogP contribution in [0.5, 0.6) is 11.5 Å². The second-order valence-corrected chi connectivity index (χ2v) is 3.64. The highest BCUT2D eigenvalue weighted by Crippen LogP contribution is 2.26. The highest BCUT2D eigenvalue weighted by Gasteiger charge is 2.19. The van der Waals surface area contributed by atoms with Gasteiger partial charge in [0, 0.05) is 13.0 Å². The van der Waals surface area contributed by atoms with Crippen LogP contribution in [0.2, 0.25) is 0 Å². The Balaban J connectivity index is 2.91. The second-order valence-electron chi connectivity index (χ2n) is 3.64. The number of aliphatic carboxylic acids is 2. The first-order chi connectivity index (χ1) is 8.41. The van der Waals surface area contributed by atoms with Crippen LogP contribution in [0.1, 0.15) is 12.1 Å². The molecule has 0 aliphatic heterocycles. The number of rotatable bonds is 6. The van der Waals surface area contributed by atoms with E-state index in [1.807, 2.05) is 0 Å². The van der Waals surface area contributed by atoms with Gasteiger partial charge in [0.1, 0.15) is 6.42 Å². The summed E-state index contributed by atoms with van der Waals surface area (Å²) in [6.45, 7) is 1.25. The summed E-state index contributed by atoms with van der Waals surface area (Å²) in [6.07, 6.45) is 1.44. The molecule has 1 rings (SSSR count). The molecule has 1 aromatic rings. The summed E-state index contributed by atoms with van der Waals surface area (Å²) in [5.41, 5.74) is 0.470. The van der Waals surface area contributed by atoms with E-state index >= 15 is 0 Å². The molecule has 1 aromatic heterocycles. The predicted octanol–water partition coefficient (Wildman–Crippen LogP) is -0.0738. The Morgan fingerprint density at radius 2 is 2.00 bits per heavy atom. The van der Waals surface area contributed by atoms with Gasteiger partial charge in [0.05, 0.1) is 0 Å². The van der Waals surface area contributed by atoms with Gasteiger partial charge in [0.25, 0.3) is 0 Å². The number of nitrogens with zero attached hydrogens (tertiary/aromatic N) is 1. The number of carboxylic acids is 2. The Morgan fingerprint density at radius 3 is 2.56 bits per heavy atom. The van der Waals surface area contributed by atoms with Crippen LogP contribution < -0.4 is 9.30 Å². The lowest BCUT2D eigenvalue weighted by atomic mass is 10.3. The minimum absolute atomic E-state index is 0.0466. The molecule has 1 heterocycles.